The van der Waals surface area contributed by atoms with Crippen LogP contribution >= 0.6 is 0 Å². The lowest BCUT2D eigenvalue weighted by molar-refractivity contribution is 0.0527. The summed E-state index contributed by atoms with van der Waals surface area (Å²) in [6.07, 6.45) is 1.68. The van der Waals surface area contributed by atoms with Gasteiger partial charge in [-0.15, -0.1) is 5.10 Å². The van der Waals surface area contributed by atoms with E-state index >= 15 is 0 Å². The summed E-state index contributed by atoms with van der Waals surface area (Å²) in [5.41, 5.74) is 2.76. The predicted octanol–water partition coefficient (Wildman–Crippen LogP) is 2.01. The van der Waals surface area contributed by atoms with Crippen LogP contribution < -0.4 is 5.32 Å². The van der Waals surface area contributed by atoms with Crippen molar-refractivity contribution in [2.75, 3.05) is 19.0 Å². The highest BCUT2D eigenvalue weighted by atomic mass is 16.5. The van der Waals surface area contributed by atoms with Crippen molar-refractivity contribution in [2.24, 2.45) is 0 Å². The Morgan fingerprint density at radius 2 is 2.18 bits per heavy atom. The highest BCUT2D eigenvalue weighted by molar-refractivity contribution is 5.95. The third-order valence-corrected chi connectivity index (χ3v) is 3.21. The Labute approximate surface area is 126 Å². The van der Waals surface area contributed by atoms with Gasteiger partial charge in [0.2, 0.25) is 0 Å². The highest BCUT2D eigenvalue weighted by Gasteiger charge is 2.15. The molecule has 3 rings (SSSR count). The maximum Gasteiger partial charge on any atom is 0.341 e. The lowest BCUT2D eigenvalue weighted by atomic mass is 10.2. The molecule has 0 unspecified atom stereocenters. The number of carbonyl (C=O) groups is 1. The topological polar surface area (TPSA) is 81.4 Å². The number of hydrogen-bond acceptors (Lipinski definition) is 6. The van der Waals surface area contributed by atoms with Crippen LogP contribution in [0.25, 0.3) is 16.9 Å². The molecular weight excluding hydrogens is 282 g/mol. The monoisotopic (exact) mass is 297 g/mol. The predicted molar refractivity (Wildman–Crippen MR) is 81.7 cm³/mol. The van der Waals surface area contributed by atoms with E-state index in [0.717, 1.165) is 11.2 Å². The van der Waals surface area contributed by atoms with Crippen molar-refractivity contribution in [3.8, 4) is 11.4 Å². The maximum absolute atomic E-state index is 11.9. The SMILES string of the molecule is CCOC(=O)c1ccc(-c2cccc3cnnn23)nc1NC. The summed E-state index contributed by atoms with van der Waals surface area (Å²) < 4.78 is 6.73. The number of aromatic nitrogens is 4. The molecule has 0 fully saturated rings. The summed E-state index contributed by atoms with van der Waals surface area (Å²) in [5.74, 6) is 0.0675. The Hall–Kier alpha value is -2.96. The lowest BCUT2D eigenvalue weighted by Gasteiger charge is -2.10. The van der Waals surface area contributed by atoms with Crippen LogP contribution in [0.1, 0.15) is 17.3 Å². The molecule has 1 N–H and O–H groups in total. The minimum Gasteiger partial charge on any atom is -0.462 e. The molecule has 7 nitrogen and oxygen atoms in total. The Morgan fingerprint density at radius 1 is 1.32 bits per heavy atom. The van der Waals surface area contributed by atoms with Crippen molar-refractivity contribution in [2.45, 2.75) is 6.92 Å². The first-order valence-corrected chi connectivity index (χ1v) is 6.90. The van der Waals surface area contributed by atoms with Crippen LogP contribution in [0.3, 0.4) is 0 Å². The first-order chi connectivity index (χ1) is 10.7. The number of carbonyl (C=O) groups excluding carboxylic acids is 1. The van der Waals surface area contributed by atoms with Gasteiger partial charge in [-0.1, -0.05) is 11.3 Å². The van der Waals surface area contributed by atoms with Gasteiger partial charge in [-0.2, -0.15) is 0 Å². The fourth-order valence-electron chi connectivity index (χ4n) is 2.21. The second-order valence-corrected chi connectivity index (χ2v) is 4.54. The summed E-state index contributed by atoms with van der Waals surface area (Å²) in [6.45, 7) is 2.09. The molecule has 22 heavy (non-hydrogen) atoms. The second-order valence-electron chi connectivity index (χ2n) is 4.54. The molecule has 0 saturated heterocycles. The minimum atomic E-state index is -0.398. The number of pyridine rings is 2. The molecule has 0 radical (unpaired) electrons. The van der Waals surface area contributed by atoms with Gasteiger partial charge in [-0.25, -0.2) is 14.3 Å². The van der Waals surface area contributed by atoms with Crippen molar-refractivity contribution in [1.29, 1.82) is 0 Å². The summed E-state index contributed by atoms with van der Waals surface area (Å²) >= 11 is 0. The standard InChI is InChI=1S/C15H15N5O2/c1-3-22-15(21)11-7-8-12(18-14(11)16-2)13-6-4-5-10-9-17-19-20(10)13/h4-9H,3H2,1-2H3,(H,16,18). The van der Waals surface area contributed by atoms with E-state index < -0.39 is 5.97 Å². The molecule has 7 heteroatoms. The highest BCUT2D eigenvalue weighted by Crippen LogP contribution is 2.22. The molecule has 3 heterocycles. The summed E-state index contributed by atoms with van der Waals surface area (Å²) in [4.78, 5) is 16.4. The van der Waals surface area contributed by atoms with Crippen molar-refractivity contribution in [3.63, 3.8) is 0 Å². The molecule has 0 aliphatic heterocycles. The first kappa shape index (κ1) is 14.0. The zero-order valence-electron chi connectivity index (χ0n) is 12.3. The molecular formula is C15H15N5O2. The van der Waals surface area contributed by atoms with Crippen molar-refractivity contribution in [3.05, 3.63) is 42.1 Å². The van der Waals surface area contributed by atoms with E-state index in [2.05, 4.69) is 20.6 Å². The van der Waals surface area contributed by atoms with E-state index in [1.807, 2.05) is 18.2 Å². The van der Waals surface area contributed by atoms with E-state index in [9.17, 15) is 4.79 Å². The molecule has 0 aliphatic rings. The van der Waals surface area contributed by atoms with Crippen LogP contribution in [-0.2, 0) is 4.74 Å². The second kappa shape index (κ2) is 5.80. The number of hydrogen-bond donors (Lipinski definition) is 1. The number of anilines is 1. The third-order valence-electron chi connectivity index (χ3n) is 3.21. The number of fused-ring (bicyclic) bond motifs is 1. The van der Waals surface area contributed by atoms with Crippen LogP contribution in [0.2, 0.25) is 0 Å². The van der Waals surface area contributed by atoms with Gasteiger partial charge in [-0.3, -0.25) is 0 Å². The Bertz CT molecular complexity index is 828. The van der Waals surface area contributed by atoms with E-state index in [0.29, 0.717) is 23.7 Å². The number of rotatable bonds is 4. The lowest BCUT2D eigenvalue weighted by Crippen LogP contribution is -2.10. The number of ether oxygens (including phenoxy) is 1. The number of nitrogens with one attached hydrogen (secondary N) is 1. The van der Waals surface area contributed by atoms with Gasteiger partial charge in [0, 0.05) is 7.05 Å². The van der Waals surface area contributed by atoms with E-state index in [-0.39, 0.29) is 0 Å². The molecule has 3 aromatic rings. The van der Waals surface area contributed by atoms with E-state index in [1.165, 1.54) is 0 Å². The van der Waals surface area contributed by atoms with Gasteiger partial charge in [0.05, 0.1) is 29.7 Å². The van der Waals surface area contributed by atoms with Gasteiger partial charge in [-0.05, 0) is 31.2 Å². The molecule has 0 spiro atoms. The van der Waals surface area contributed by atoms with Gasteiger partial charge in [0.25, 0.3) is 0 Å². The van der Waals surface area contributed by atoms with Gasteiger partial charge < -0.3 is 10.1 Å². The van der Waals surface area contributed by atoms with Crippen molar-refractivity contribution < 1.29 is 9.53 Å². The van der Waals surface area contributed by atoms with Crippen molar-refractivity contribution >= 4 is 17.3 Å². The van der Waals surface area contributed by atoms with Crippen LogP contribution in [0.5, 0.6) is 0 Å². The molecule has 0 aliphatic carbocycles. The number of nitrogens with zero attached hydrogens (tertiary/aromatic N) is 4. The molecule has 0 amide bonds. The average Bonchev–Trinajstić information content (AvgIpc) is 3.03. The quantitative estimate of drug-likeness (QED) is 0.742. The summed E-state index contributed by atoms with van der Waals surface area (Å²) in [5, 5.41) is 10.9. The smallest absolute Gasteiger partial charge is 0.341 e. The third kappa shape index (κ3) is 2.37. The molecule has 0 atom stereocenters. The Kier molecular flexibility index (Phi) is 3.69. The Morgan fingerprint density at radius 3 is 2.95 bits per heavy atom. The zero-order valence-corrected chi connectivity index (χ0v) is 12.3. The van der Waals surface area contributed by atoms with E-state index in [1.54, 1.807) is 36.8 Å². The maximum atomic E-state index is 11.9. The average molecular weight is 297 g/mol. The normalized spacial score (nSPS) is 10.6. The Balaban J connectivity index is 2.09. The fraction of sp³-hybridized carbons (Fsp3) is 0.200. The molecule has 0 saturated carbocycles. The van der Waals surface area contributed by atoms with Crippen LogP contribution in [-0.4, -0.2) is 39.4 Å². The summed E-state index contributed by atoms with van der Waals surface area (Å²) in [7, 11) is 1.71. The fourth-order valence-corrected chi connectivity index (χ4v) is 2.21. The van der Waals surface area contributed by atoms with Gasteiger partial charge in [0.1, 0.15) is 11.4 Å². The molecule has 112 valence electrons. The molecule has 3 aromatic heterocycles. The van der Waals surface area contributed by atoms with Gasteiger partial charge in [0.15, 0.2) is 0 Å². The minimum absolute atomic E-state index is 0.321. The van der Waals surface area contributed by atoms with Gasteiger partial charge >= 0.3 is 5.97 Å². The largest absolute Gasteiger partial charge is 0.462 e. The van der Waals surface area contributed by atoms with E-state index in [4.69, 9.17) is 4.74 Å². The van der Waals surface area contributed by atoms with Crippen LogP contribution in [0.15, 0.2) is 36.5 Å². The van der Waals surface area contributed by atoms with Crippen LogP contribution in [0, 0.1) is 0 Å². The number of esters is 1. The molecule has 0 bridgehead atoms. The summed E-state index contributed by atoms with van der Waals surface area (Å²) in [6, 6.07) is 9.18. The van der Waals surface area contributed by atoms with Crippen LogP contribution in [0.4, 0.5) is 5.82 Å². The zero-order chi connectivity index (χ0) is 15.5. The van der Waals surface area contributed by atoms with Crippen molar-refractivity contribution in [1.82, 2.24) is 19.8 Å². The molecule has 0 aromatic carbocycles. The first-order valence-electron chi connectivity index (χ1n) is 6.90.